The summed E-state index contributed by atoms with van der Waals surface area (Å²) in [5.74, 6) is -54.2. The first-order valence-electron chi connectivity index (χ1n) is 9.41. The SMILES string of the molecule is [13CH3][Se][Se]c1ccc(OCCCC(F)(F)C(F)(F)C(F)(F)C(F)(F)C(F)(F)C(F)(F)C(F)(F)C(F)(F)F)cc1. The number of hydrogen-bond donors (Lipinski definition) is 0. The van der Waals surface area contributed by atoms with E-state index in [1.54, 1.807) is 12.1 Å². The second-order valence-corrected chi connectivity index (χ2v) is 14.8. The van der Waals surface area contributed by atoms with Crippen molar-refractivity contribution in [1.29, 1.82) is 0 Å². The summed E-state index contributed by atoms with van der Waals surface area (Å²) in [6.07, 6.45) is -11.6. The monoisotopic (exact) mass is 729 g/mol. The van der Waals surface area contributed by atoms with Crippen LogP contribution in [0.1, 0.15) is 12.8 Å². The van der Waals surface area contributed by atoms with E-state index in [9.17, 15) is 74.6 Å². The molecule has 0 aliphatic carbocycles. The average molecular weight is 727 g/mol. The Morgan fingerprint density at radius 3 is 1.37 bits per heavy atom. The molecular formula is C18H13F17OSe2. The van der Waals surface area contributed by atoms with Crippen molar-refractivity contribution in [3.63, 3.8) is 0 Å². The van der Waals surface area contributed by atoms with E-state index < -0.39 is 67.1 Å². The van der Waals surface area contributed by atoms with E-state index in [0.29, 0.717) is 13.1 Å². The van der Waals surface area contributed by atoms with Crippen LogP contribution in [0.2, 0.25) is 5.82 Å². The Balaban J connectivity index is 3.16. The Bertz CT molecular complexity index is 928. The Kier molecular flexibility index (Phi) is 10.1. The van der Waals surface area contributed by atoms with Crippen LogP contribution in [-0.2, 0) is 0 Å². The molecule has 0 aliphatic rings. The molecule has 1 nitrogen and oxygen atoms in total. The van der Waals surface area contributed by atoms with E-state index in [1.165, 1.54) is 12.1 Å². The van der Waals surface area contributed by atoms with Crippen molar-refractivity contribution in [1.82, 2.24) is 0 Å². The quantitative estimate of drug-likeness (QED) is 0.0936. The number of hydrogen-bond acceptors (Lipinski definition) is 1. The van der Waals surface area contributed by atoms with Crippen LogP contribution in [0.5, 0.6) is 5.75 Å². The topological polar surface area (TPSA) is 9.23 Å². The molecule has 1 rings (SSSR count). The zero-order valence-electron chi connectivity index (χ0n) is 18.1. The molecule has 0 N–H and O–H groups in total. The predicted molar refractivity (Wildman–Crippen MR) is 98.9 cm³/mol. The van der Waals surface area contributed by atoms with Crippen molar-refractivity contribution in [3.05, 3.63) is 24.3 Å². The third kappa shape index (κ3) is 5.82. The average Bonchev–Trinajstić information content (AvgIpc) is 2.76. The van der Waals surface area contributed by atoms with Gasteiger partial charge in [0.25, 0.3) is 0 Å². The fraction of sp³-hybridized carbons (Fsp3) is 0.667. The van der Waals surface area contributed by atoms with Crippen molar-refractivity contribution in [2.24, 2.45) is 0 Å². The van der Waals surface area contributed by atoms with Gasteiger partial charge in [-0.05, 0) is 0 Å². The van der Waals surface area contributed by atoms with Crippen molar-refractivity contribution < 1.29 is 79.4 Å². The molecule has 0 spiro atoms. The van der Waals surface area contributed by atoms with Gasteiger partial charge in [-0.1, -0.05) is 0 Å². The van der Waals surface area contributed by atoms with Gasteiger partial charge in [-0.2, -0.15) is 48.3 Å². The zero-order chi connectivity index (χ0) is 30.2. The van der Waals surface area contributed by atoms with Gasteiger partial charge in [0, 0.05) is 0 Å². The van der Waals surface area contributed by atoms with Crippen LogP contribution in [0.25, 0.3) is 0 Å². The molecule has 0 saturated carbocycles. The molecule has 1 aromatic rings. The summed E-state index contributed by atoms with van der Waals surface area (Å²) in [7, 11) is 0. The van der Waals surface area contributed by atoms with Gasteiger partial charge in [0.15, 0.2) is 0 Å². The second kappa shape index (κ2) is 11.0. The maximum atomic E-state index is 13.8. The van der Waals surface area contributed by atoms with Gasteiger partial charge < -0.3 is 0 Å². The summed E-state index contributed by atoms with van der Waals surface area (Å²) < 4.78 is 231. The third-order valence-corrected chi connectivity index (χ3v) is 9.93. The fourth-order valence-corrected chi connectivity index (χ4v) is 6.76. The molecule has 0 aromatic heterocycles. The van der Waals surface area contributed by atoms with Gasteiger partial charge in [-0.25, -0.2) is 0 Å². The Labute approximate surface area is 213 Å². The van der Waals surface area contributed by atoms with E-state index in [2.05, 4.69) is 0 Å². The van der Waals surface area contributed by atoms with Gasteiger partial charge in [0.1, 0.15) is 0 Å². The Morgan fingerprint density at radius 2 is 0.974 bits per heavy atom. The number of rotatable bonds is 13. The van der Waals surface area contributed by atoms with E-state index >= 15 is 0 Å². The fourth-order valence-electron chi connectivity index (χ4n) is 2.53. The van der Waals surface area contributed by atoms with Crippen molar-refractivity contribution in [3.8, 4) is 5.75 Å². The molecule has 0 radical (unpaired) electrons. The second-order valence-electron chi connectivity index (χ2n) is 7.32. The first-order valence-corrected chi connectivity index (χ1v) is 16.3. The summed E-state index contributed by atoms with van der Waals surface area (Å²) >= 11 is 0.431. The summed E-state index contributed by atoms with van der Waals surface area (Å²) in [6, 6.07) is 5.71. The van der Waals surface area contributed by atoms with Crippen molar-refractivity contribution >= 4 is 30.7 Å². The molecular weight excluding hydrogens is 714 g/mol. The molecule has 0 aliphatic heterocycles. The molecule has 0 fully saturated rings. The van der Waals surface area contributed by atoms with E-state index in [0.717, 1.165) is 4.46 Å². The molecule has 0 unspecified atom stereocenters. The molecule has 0 amide bonds. The predicted octanol–water partition coefficient (Wildman–Crippen LogP) is 6.85. The molecule has 0 saturated heterocycles. The molecule has 0 atom stereocenters. The van der Waals surface area contributed by atoms with E-state index in [-0.39, 0.29) is 18.9 Å². The van der Waals surface area contributed by atoms with Gasteiger partial charge in [-0.15, -0.1) is 0 Å². The van der Waals surface area contributed by atoms with Crippen LogP contribution in [0, 0.1) is 0 Å². The first-order chi connectivity index (χ1) is 16.8. The third-order valence-electron chi connectivity index (χ3n) is 4.69. The van der Waals surface area contributed by atoms with Gasteiger partial charge in [0.2, 0.25) is 0 Å². The number of benzene rings is 1. The minimum atomic E-state index is -8.61. The van der Waals surface area contributed by atoms with Gasteiger partial charge >= 0.3 is 165 Å². The van der Waals surface area contributed by atoms with Crippen LogP contribution in [0.15, 0.2) is 24.3 Å². The summed E-state index contributed by atoms with van der Waals surface area (Å²) in [5, 5.41) is 0. The summed E-state index contributed by atoms with van der Waals surface area (Å²) in [5.41, 5.74) is 0. The molecule has 0 heterocycles. The summed E-state index contributed by atoms with van der Waals surface area (Å²) in [4.78, 5) is 0. The normalized spacial score (nSPS) is 15.1. The maximum absolute atomic E-state index is 13.8. The van der Waals surface area contributed by atoms with Gasteiger partial charge in [0.05, 0.1) is 0 Å². The number of ether oxygens (including phenoxy) is 1. The van der Waals surface area contributed by atoms with Crippen LogP contribution in [0.4, 0.5) is 74.6 Å². The molecule has 20 heteroatoms. The first kappa shape index (κ1) is 34.9. The molecule has 38 heavy (non-hydrogen) atoms. The van der Waals surface area contributed by atoms with E-state index in [1.807, 2.05) is 5.82 Å². The minimum absolute atomic E-state index is 0.0347. The standard InChI is InChI=1S/C18H13F17OSe2/c1-37-38-10-5-3-9(4-6-10)36-8-2-7-11(19,20)12(21,22)13(23,24)14(25,26)15(27,28)16(29,30)17(31,32)18(33,34)35/h3-6H,2,7-8H2,1H3/i1+1. The number of alkyl halides is 17. The number of halogens is 17. The Hall–Kier alpha value is -1.13. The Morgan fingerprint density at radius 1 is 0.579 bits per heavy atom. The zero-order valence-corrected chi connectivity index (χ0v) is 21.5. The van der Waals surface area contributed by atoms with Gasteiger partial charge in [-0.3, -0.25) is 0 Å². The van der Waals surface area contributed by atoms with Crippen molar-refractivity contribution in [2.75, 3.05) is 6.61 Å². The van der Waals surface area contributed by atoms with Crippen LogP contribution >= 0.6 is 0 Å². The molecule has 1 aromatic carbocycles. The van der Waals surface area contributed by atoms with Crippen LogP contribution in [-0.4, -0.2) is 80.5 Å². The van der Waals surface area contributed by atoms with E-state index in [4.69, 9.17) is 4.74 Å². The van der Waals surface area contributed by atoms with Crippen LogP contribution < -0.4 is 9.20 Å². The van der Waals surface area contributed by atoms with Crippen molar-refractivity contribution in [2.45, 2.75) is 66.3 Å². The summed E-state index contributed by atoms with van der Waals surface area (Å²) in [6.45, 7) is -0.956. The molecule has 222 valence electrons. The van der Waals surface area contributed by atoms with Crippen LogP contribution in [0.3, 0.4) is 0 Å². The molecule has 0 bridgehead atoms.